The Labute approximate surface area is 69.0 Å². The van der Waals surface area contributed by atoms with E-state index in [1.54, 1.807) is 5.57 Å². The van der Waals surface area contributed by atoms with Gasteiger partial charge in [-0.3, -0.25) is 0 Å². The van der Waals surface area contributed by atoms with Crippen LogP contribution in [0.2, 0.25) is 0 Å². The second-order valence-corrected chi connectivity index (χ2v) is 4.37. The molecule has 0 radical (unpaired) electrons. The molecule has 0 spiro atoms. The molecule has 60 valence electrons. The molecule has 0 aromatic rings. The molecule has 1 fully saturated rings. The number of hydrogen-bond acceptors (Lipinski definition) is 0. The van der Waals surface area contributed by atoms with Crippen LogP contribution >= 0.6 is 0 Å². The van der Waals surface area contributed by atoms with Crippen LogP contribution < -0.4 is 0 Å². The summed E-state index contributed by atoms with van der Waals surface area (Å²) in [7, 11) is 0. The number of fused-ring (bicyclic) bond motifs is 1. The van der Waals surface area contributed by atoms with Gasteiger partial charge in [0.25, 0.3) is 0 Å². The summed E-state index contributed by atoms with van der Waals surface area (Å²) in [4.78, 5) is 0. The molecule has 0 nitrogen and oxygen atoms in total. The number of hydrogen-bond donors (Lipinski definition) is 0. The monoisotopic (exact) mass is 148 g/mol. The molecule has 0 aliphatic heterocycles. The Hall–Kier alpha value is -0.520. The second kappa shape index (κ2) is 1.80. The van der Waals surface area contributed by atoms with Crippen LogP contribution in [-0.4, -0.2) is 0 Å². The van der Waals surface area contributed by atoms with E-state index in [1.165, 1.54) is 12.0 Å². The molecule has 11 heavy (non-hydrogen) atoms. The van der Waals surface area contributed by atoms with Crippen LogP contribution in [0.15, 0.2) is 23.8 Å². The quantitative estimate of drug-likeness (QED) is 0.463. The van der Waals surface area contributed by atoms with Gasteiger partial charge in [-0.15, -0.1) is 0 Å². The fourth-order valence-electron chi connectivity index (χ4n) is 2.66. The van der Waals surface area contributed by atoms with Gasteiger partial charge in [-0.05, 0) is 25.2 Å². The molecule has 0 heterocycles. The molecule has 0 amide bonds. The van der Waals surface area contributed by atoms with Crippen LogP contribution in [0.25, 0.3) is 0 Å². The highest BCUT2D eigenvalue weighted by molar-refractivity contribution is 5.38. The Balaban J connectivity index is 2.37. The first kappa shape index (κ1) is 7.15. The Kier molecular flexibility index (Phi) is 1.17. The summed E-state index contributed by atoms with van der Waals surface area (Å²) in [5, 5.41) is 0. The third kappa shape index (κ3) is 0.654. The van der Waals surface area contributed by atoms with Crippen molar-refractivity contribution < 1.29 is 0 Å². The van der Waals surface area contributed by atoms with Crippen molar-refractivity contribution in [1.82, 2.24) is 0 Å². The highest BCUT2D eigenvalue weighted by Crippen LogP contribution is 2.60. The van der Waals surface area contributed by atoms with E-state index in [4.69, 9.17) is 0 Å². The zero-order valence-electron chi connectivity index (χ0n) is 7.65. The van der Waals surface area contributed by atoms with Crippen LogP contribution in [0.3, 0.4) is 0 Å². The maximum absolute atomic E-state index is 4.10. The van der Waals surface area contributed by atoms with E-state index in [0.29, 0.717) is 5.41 Å². The molecule has 0 heteroatoms. The first-order valence-electron chi connectivity index (χ1n) is 4.43. The maximum Gasteiger partial charge on any atom is 0.00994 e. The fraction of sp³-hybridized carbons (Fsp3) is 0.636. The topological polar surface area (TPSA) is 0 Å². The number of rotatable bonds is 0. The fourth-order valence-corrected chi connectivity index (χ4v) is 2.66. The average molecular weight is 148 g/mol. The normalized spacial score (nSPS) is 48.3. The molecule has 0 bridgehead atoms. The van der Waals surface area contributed by atoms with E-state index in [0.717, 1.165) is 11.8 Å². The van der Waals surface area contributed by atoms with Gasteiger partial charge < -0.3 is 0 Å². The second-order valence-electron chi connectivity index (χ2n) is 4.37. The molecule has 2 aliphatic carbocycles. The van der Waals surface area contributed by atoms with E-state index >= 15 is 0 Å². The van der Waals surface area contributed by atoms with Gasteiger partial charge in [0.2, 0.25) is 0 Å². The molecular weight excluding hydrogens is 132 g/mol. The Morgan fingerprint density at radius 2 is 2.27 bits per heavy atom. The van der Waals surface area contributed by atoms with E-state index in [2.05, 4.69) is 33.4 Å². The van der Waals surface area contributed by atoms with Crippen LogP contribution in [0.5, 0.6) is 0 Å². The van der Waals surface area contributed by atoms with Crippen LogP contribution in [-0.2, 0) is 0 Å². The zero-order chi connectivity index (χ0) is 8.22. The summed E-state index contributed by atoms with van der Waals surface area (Å²) in [6.07, 6.45) is 3.68. The molecule has 2 rings (SSSR count). The minimum atomic E-state index is 0.378. The summed E-state index contributed by atoms with van der Waals surface area (Å²) in [5.74, 6) is 1.67. The van der Waals surface area contributed by atoms with Crippen molar-refractivity contribution in [2.75, 3.05) is 0 Å². The van der Waals surface area contributed by atoms with Gasteiger partial charge in [-0.25, -0.2) is 0 Å². The van der Waals surface area contributed by atoms with Crippen LogP contribution in [0, 0.1) is 17.3 Å². The minimum Gasteiger partial charge on any atom is -0.0990 e. The smallest absolute Gasteiger partial charge is 0.00994 e. The van der Waals surface area contributed by atoms with E-state index in [-0.39, 0.29) is 0 Å². The molecule has 1 saturated carbocycles. The number of allylic oxidation sites excluding steroid dienone is 3. The minimum absolute atomic E-state index is 0.378. The van der Waals surface area contributed by atoms with Crippen LogP contribution in [0.1, 0.15) is 27.2 Å². The van der Waals surface area contributed by atoms with Crippen molar-refractivity contribution in [1.29, 1.82) is 0 Å². The third-order valence-electron chi connectivity index (χ3n) is 3.85. The summed E-state index contributed by atoms with van der Waals surface area (Å²) in [6, 6.07) is 0. The molecule has 0 aromatic heterocycles. The lowest BCUT2D eigenvalue weighted by Gasteiger charge is -2.46. The summed E-state index contributed by atoms with van der Waals surface area (Å²) in [5.41, 5.74) is 3.38. The van der Waals surface area contributed by atoms with Crippen molar-refractivity contribution in [3.05, 3.63) is 23.8 Å². The average Bonchev–Trinajstić information content (AvgIpc) is 2.12. The molecule has 0 aromatic carbocycles. The van der Waals surface area contributed by atoms with Gasteiger partial charge in [0, 0.05) is 5.41 Å². The van der Waals surface area contributed by atoms with Crippen molar-refractivity contribution in [3.63, 3.8) is 0 Å². The Morgan fingerprint density at radius 1 is 1.64 bits per heavy atom. The van der Waals surface area contributed by atoms with Gasteiger partial charge in [0.1, 0.15) is 0 Å². The van der Waals surface area contributed by atoms with Crippen molar-refractivity contribution in [2.45, 2.75) is 27.2 Å². The highest BCUT2D eigenvalue weighted by atomic mass is 14.5. The van der Waals surface area contributed by atoms with Crippen molar-refractivity contribution >= 4 is 0 Å². The summed E-state index contributed by atoms with van der Waals surface area (Å²) in [6.45, 7) is 11.0. The van der Waals surface area contributed by atoms with E-state index in [9.17, 15) is 0 Å². The van der Waals surface area contributed by atoms with Gasteiger partial charge in [-0.1, -0.05) is 37.6 Å². The predicted octanol–water partition coefficient (Wildman–Crippen LogP) is 3.16. The van der Waals surface area contributed by atoms with E-state index in [1.807, 2.05) is 0 Å². The Morgan fingerprint density at radius 3 is 2.64 bits per heavy atom. The summed E-state index contributed by atoms with van der Waals surface area (Å²) >= 11 is 0. The van der Waals surface area contributed by atoms with Crippen LogP contribution in [0.4, 0.5) is 0 Å². The molecule has 2 aliphatic rings. The maximum atomic E-state index is 4.10. The molecule has 0 saturated heterocycles. The lowest BCUT2D eigenvalue weighted by Crippen LogP contribution is -2.37. The van der Waals surface area contributed by atoms with Gasteiger partial charge in [0.15, 0.2) is 0 Å². The van der Waals surface area contributed by atoms with Gasteiger partial charge in [-0.2, -0.15) is 0 Å². The van der Waals surface area contributed by atoms with Gasteiger partial charge >= 0.3 is 0 Å². The van der Waals surface area contributed by atoms with Gasteiger partial charge in [0.05, 0.1) is 0 Å². The SMILES string of the molecule is C=C1C[C@H]2C(C)C(C)=C[C@@]12C. The third-order valence-corrected chi connectivity index (χ3v) is 3.85. The summed E-state index contributed by atoms with van der Waals surface area (Å²) < 4.78 is 0. The lowest BCUT2D eigenvalue weighted by molar-refractivity contribution is 0.182. The largest absolute Gasteiger partial charge is 0.0990 e. The highest BCUT2D eigenvalue weighted by Gasteiger charge is 2.51. The van der Waals surface area contributed by atoms with E-state index < -0.39 is 0 Å². The molecular formula is C11H16. The molecule has 3 atom stereocenters. The predicted molar refractivity (Wildman–Crippen MR) is 48.3 cm³/mol. The zero-order valence-corrected chi connectivity index (χ0v) is 7.65. The first-order chi connectivity index (χ1) is 5.05. The van der Waals surface area contributed by atoms with Crippen molar-refractivity contribution in [2.24, 2.45) is 17.3 Å². The lowest BCUT2D eigenvalue weighted by atomic mass is 9.58. The van der Waals surface area contributed by atoms with Crippen molar-refractivity contribution in [3.8, 4) is 0 Å². The first-order valence-corrected chi connectivity index (χ1v) is 4.43. The Bertz CT molecular complexity index is 247. The standard InChI is InChI=1S/C11H16/c1-7-6-11(4)8(2)5-10(11)9(7)3/h6,9-10H,2,5H2,1,3-4H3/t9?,10-,11-/m0/s1. The molecule has 1 unspecified atom stereocenters. The molecule has 0 N–H and O–H groups in total.